The normalized spacial score (nSPS) is 12.6. The molecule has 0 aliphatic carbocycles. The van der Waals surface area contributed by atoms with E-state index in [1.54, 1.807) is 13.0 Å². The molecule has 0 aromatic carbocycles. The summed E-state index contributed by atoms with van der Waals surface area (Å²) < 4.78 is 23.8. The Bertz CT molecular complexity index is 154. The maximum atomic E-state index is 12.0. The van der Waals surface area contributed by atoms with Crippen molar-refractivity contribution in [1.29, 1.82) is 0 Å². The van der Waals surface area contributed by atoms with Gasteiger partial charge in [0, 0.05) is 0 Å². The lowest BCUT2D eigenvalue weighted by Gasteiger charge is -1.83. The van der Waals surface area contributed by atoms with Gasteiger partial charge in [-0.2, -0.15) is 0 Å². The fourth-order valence-corrected chi connectivity index (χ4v) is 0.271. The summed E-state index contributed by atoms with van der Waals surface area (Å²) in [5, 5.41) is 0. The Labute approximate surface area is 53.2 Å². The monoisotopic (exact) mass is 130 g/mol. The molecule has 0 radical (unpaired) electrons. The van der Waals surface area contributed by atoms with E-state index >= 15 is 0 Å². The molecule has 0 heterocycles. The van der Waals surface area contributed by atoms with Gasteiger partial charge >= 0.3 is 0 Å². The van der Waals surface area contributed by atoms with Crippen molar-refractivity contribution in [3.8, 4) is 0 Å². The SMILES string of the molecule is C=C(F)C(F)=CC=CC. The molecule has 0 unspecified atom stereocenters. The van der Waals surface area contributed by atoms with E-state index in [1.165, 1.54) is 6.08 Å². The van der Waals surface area contributed by atoms with Crippen molar-refractivity contribution in [1.82, 2.24) is 0 Å². The maximum Gasteiger partial charge on any atom is 0.158 e. The Balaban J connectivity index is 4.00. The Morgan fingerprint density at radius 1 is 1.44 bits per heavy atom. The molecule has 0 nitrogen and oxygen atoms in total. The van der Waals surface area contributed by atoms with Crippen LogP contribution in [0.1, 0.15) is 6.92 Å². The standard InChI is InChI=1S/C7H8F2/c1-3-4-5-7(9)6(2)8/h3-5H,2H2,1H3. The average molecular weight is 130 g/mol. The third kappa shape index (κ3) is 3.64. The first kappa shape index (κ1) is 8.08. The summed E-state index contributed by atoms with van der Waals surface area (Å²) in [6.45, 7) is 4.48. The Morgan fingerprint density at radius 2 is 2.00 bits per heavy atom. The molecule has 50 valence electrons. The second-order valence-electron chi connectivity index (χ2n) is 1.45. The minimum Gasteiger partial charge on any atom is -0.204 e. The number of hydrogen-bond donors (Lipinski definition) is 0. The third-order valence-electron chi connectivity index (χ3n) is 0.694. The van der Waals surface area contributed by atoms with E-state index in [9.17, 15) is 8.78 Å². The Kier molecular flexibility index (Phi) is 3.60. The van der Waals surface area contributed by atoms with Crippen molar-refractivity contribution >= 4 is 0 Å². The third-order valence-corrected chi connectivity index (χ3v) is 0.694. The lowest BCUT2D eigenvalue weighted by Crippen LogP contribution is -1.68. The van der Waals surface area contributed by atoms with Crippen LogP contribution in [-0.4, -0.2) is 0 Å². The van der Waals surface area contributed by atoms with Crippen LogP contribution in [0.3, 0.4) is 0 Å². The van der Waals surface area contributed by atoms with E-state index in [4.69, 9.17) is 0 Å². The largest absolute Gasteiger partial charge is 0.204 e. The highest BCUT2D eigenvalue weighted by Crippen LogP contribution is 2.09. The van der Waals surface area contributed by atoms with Gasteiger partial charge in [0.25, 0.3) is 0 Å². The van der Waals surface area contributed by atoms with Crippen molar-refractivity contribution < 1.29 is 8.78 Å². The molecule has 0 N–H and O–H groups in total. The number of hydrogen-bond acceptors (Lipinski definition) is 0. The van der Waals surface area contributed by atoms with Crippen LogP contribution in [0.15, 0.2) is 36.5 Å². The van der Waals surface area contributed by atoms with Crippen LogP contribution in [0.4, 0.5) is 8.78 Å². The quantitative estimate of drug-likeness (QED) is 0.504. The van der Waals surface area contributed by atoms with Crippen LogP contribution in [0.5, 0.6) is 0 Å². The minimum absolute atomic E-state index is 0.923. The highest BCUT2D eigenvalue weighted by molar-refractivity contribution is 5.19. The van der Waals surface area contributed by atoms with Crippen LogP contribution in [0, 0.1) is 0 Å². The smallest absolute Gasteiger partial charge is 0.158 e. The van der Waals surface area contributed by atoms with Gasteiger partial charge in [-0.05, 0) is 13.0 Å². The summed E-state index contributed by atoms with van der Waals surface area (Å²) in [6.07, 6.45) is 4.02. The summed E-state index contributed by atoms with van der Waals surface area (Å²) in [6, 6.07) is 0. The van der Waals surface area contributed by atoms with E-state index in [0.29, 0.717) is 0 Å². The topological polar surface area (TPSA) is 0 Å². The number of allylic oxidation sites excluding steroid dienone is 5. The number of rotatable bonds is 2. The van der Waals surface area contributed by atoms with Gasteiger partial charge < -0.3 is 0 Å². The molecular formula is C7H8F2. The first-order chi connectivity index (χ1) is 4.18. The summed E-state index contributed by atoms with van der Waals surface area (Å²) in [4.78, 5) is 0. The van der Waals surface area contributed by atoms with Crippen molar-refractivity contribution in [3.63, 3.8) is 0 Å². The molecule has 0 rings (SSSR count). The predicted molar refractivity (Wildman–Crippen MR) is 34.3 cm³/mol. The van der Waals surface area contributed by atoms with Crippen molar-refractivity contribution in [2.24, 2.45) is 0 Å². The lowest BCUT2D eigenvalue weighted by molar-refractivity contribution is 0.548. The first-order valence-corrected chi connectivity index (χ1v) is 2.51. The zero-order chi connectivity index (χ0) is 7.28. The van der Waals surface area contributed by atoms with Crippen molar-refractivity contribution in [2.45, 2.75) is 6.92 Å². The zero-order valence-electron chi connectivity index (χ0n) is 5.20. The zero-order valence-corrected chi connectivity index (χ0v) is 5.20. The van der Waals surface area contributed by atoms with E-state index < -0.39 is 11.7 Å². The highest BCUT2D eigenvalue weighted by Gasteiger charge is 1.94. The molecule has 2 heteroatoms. The van der Waals surface area contributed by atoms with Gasteiger partial charge in [-0.15, -0.1) is 0 Å². The van der Waals surface area contributed by atoms with Crippen LogP contribution in [0.2, 0.25) is 0 Å². The van der Waals surface area contributed by atoms with Gasteiger partial charge in [0.05, 0.1) is 0 Å². The van der Waals surface area contributed by atoms with Crippen LogP contribution in [-0.2, 0) is 0 Å². The Morgan fingerprint density at radius 3 is 2.33 bits per heavy atom. The molecule has 0 fully saturated rings. The van der Waals surface area contributed by atoms with Gasteiger partial charge in [0.2, 0.25) is 0 Å². The van der Waals surface area contributed by atoms with Crippen LogP contribution < -0.4 is 0 Å². The molecule has 0 saturated carbocycles. The Hall–Kier alpha value is -0.920. The van der Waals surface area contributed by atoms with Gasteiger partial charge in [0.1, 0.15) is 0 Å². The number of halogens is 2. The molecule has 0 saturated heterocycles. The second-order valence-corrected chi connectivity index (χ2v) is 1.45. The van der Waals surface area contributed by atoms with E-state index in [1.807, 2.05) is 0 Å². The second kappa shape index (κ2) is 4.01. The summed E-state index contributed by atoms with van der Waals surface area (Å²) in [7, 11) is 0. The molecule has 0 aromatic heterocycles. The fourth-order valence-electron chi connectivity index (χ4n) is 0.271. The summed E-state index contributed by atoms with van der Waals surface area (Å²) in [5.74, 6) is -1.96. The van der Waals surface area contributed by atoms with Crippen molar-refractivity contribution in [3.05, 3.63) is 36.5 Å². The predicted octanol–water partition coefficient (Wildman–Crippen LogP) is 2.90. The molecule has 0 atom stereocenters. The molecule has 0 aliphatic rings. The van der Waals surface area contributed by atoms with Crippen LogP contribution >= 0.6 is 0 Å². The van der Waals surface area contributed by atoms with Crippen LogP contribution in [0.25, 0.3) is 0 Å². The molecule has 9 heavy (non-hydrogen) atoms. The molecule has 0 aromatic rings. The lowest BCUT2D eigenvalue weighted by atomic mass is 10.4. The van der Waals surface area contributed by atoms with Crippen molar-refractivity contribution in [2.75, 3.05) is 0 Å². The average Bonchev–Trinajstić information content (AvgIpc) is 1.82. The van der Waals surface area contributed by atoms with Gasteiger partial charge in [-0.1, -0.05) is 18.7 Å². The summed E-state index contributed by atoms with van der Waals surface area (Å²) in [5.41, 5.74) is 0. The maximum absolute atomic E-state index is 12.0. The van der Waals surface area contributed by atoms with E-state index in [0.717, 1.165) is 6.08 Å². The molecule has 0 spiro atoms. The minimum atomic E-state index is -1.03. The molecular weight excluding hydrogens is 122 g/mol. The molecule has 0 bridgehead atoms. The molecule has 0 amide bonds. The van der Waals surface area contributed by atoms with Gasteiger partial charge in [-0.25, -0.2) is 8.78 Å². The van der Waals surface area contributed by atoms with E-state index in [-0.39, 0.29) is 0 Å². The van der Waals surface area contributed by atoms with Gasteiger partial charge in [-0.3, -0.25) is 0 Å². The van der Waals surface area contributed by atoms with E-state index in [2.05, 4.69) is 6.58 Å². The fraction of sp³-hybridized carbons (Fsp3) is 0.143. The summed E-state index contributed by atoms with van der Waals surface area (Å²) >= 11 is 0. The van der Waals surface area contributed by atoms with Gasteiger partial charge in [0.15, 0.2) is 11.7 Å². The first-order valence-electron chi connectivity index (χ1n) is 2.51. The highest BCUT2D eigenvalue weighted by atomic mass is 19.2. The molecule has 0 aliphatic heterocycles.